The van der Waals surface area contributed by atoms with Gasteiger partial charge in [0.1, 0.15) is 5.82 Å². The van der Waals surface area contributed by atoms with Gasteiger partial charge in [0.05, 0.1) is 12.7 Å². The Balaban J connectivity index is 2.99. The minimum atomic E-state index is -0.523. The monoisotopic (exact) mass is 295 g/mol. The largest absolute Gasteiger partial charge is 0.465 e. The molecule has 0 amide bonds. The van der Waals surface area contributed by atoms with E-state index in [2.05, 4.69) is 33.0 Å². The van der Waals surface area contributed by atoms with Gasteiger partial charge < -0.3 is 10.1 Å². The van der Waals surface area contributed by atoms with Gasteiger partial charge in [-0.1, -0.05) is 27.7 Å². The maximum absolute atomic E-state index is 13.4. The van der Waals surface area contributed by atoms with Gasteiger partial charge in [0.15, 0.2) is 0 Å². The fraction of sp³-hybridized carbons (Fsp3) is 0.588. The first kappa shape index (κ1) is 17.5. The van der Waals surface area contributed by atoms with Gasteiger partial charge in [0.2, 0.25) is 0 Å². The minimum Gasteiger partial charge on any atom is -0.465 e. The average molecular weight is 295 g/mol. The summed E-state index contributed by atoms with van der Waals surface area (Å²) in [5.41, 5.74) is 0.879. The quantitative estimate of drug-likeness (QED) is 0.753. The SMILES string of the molecule is COC(=O)c1cc(F)ccc1NC(CC(C)C)CC(C)C. The maximum atomic E-state index is 13.4. The van der Waals surface area contributed by atoms with Gasteiger partial charge in [0.25, 0.3) is 0 Å². The zero-order valence-corrected chi connectivity index (χ0v) is 13.6. The summed E-state index contributed by atoms with van der Waals surface area (Å²) < 4.78 is 18.1. The van der Waals surface area contributed by atoms with Crippen LogP contribution in [0.25, 0.3) is 0 Å². The van der Waals surface area contributed by atoms with Crippen molar-refractivity contribution in [3.8, 4) is 0 Å². The van der Waals surface area contributed by atoms with Crippen molar-refractivity contribution >= 4 is 11.7 Å². The highest BCUT2D eigenvalue weighted by Crippen LogP contribution is 2.23. The molecule has 0 bridgehead atoms. The molecule has 0 aliphatic carbocycles. The molecule has 21 heavy (non-hydrogen) atoms. The van der Waals surface area contributed by atoms with E-state index in [4.69, 9.17) is 4.74 Å². The Bertz CT molecular complexity index is 462. The molecule has 0 spiro atoms. The number of nitrogens with one attached hydrogen (secondary N) is 1. The molecule has 1 aromatic carbocycles. The summed E-state index contributed by atoms with van der Waals surface area (Å²) in [5.74, 6) is 0.126. The topological polar surface area (TPSA) is 38.3 Å². The molecule has 1 aromatic rings. The van der Waals surface area contributed by atoms with E-state index in [0.29, 0.717) is 17.5 Å². The molecular formula is C17H26FNO2. The van der Waals surface area contributed by atoms with E-state index in [1.807, 2.05) is 0 Å². The van der Waals surface area contributed by atoms with E-state index in [1.54, 1.807) is 6.07 Å². The fourth-order valence-corrected chi connectivity index (χ4v) is 2.49. The number of hydrogen-bond acceptors (Lipinski definition) is 3. The van der Waals surface area contributed by atoms with Crippen molar-refractivity contribution in [3.63, 3.8) is 0 Å². The number of carbonyl (C=O) groups excluding carboxylic acids is 1. The van der Waals surface area contributed by atoms with Gasteiger partial charge in [0, 0.05) is 11.7 Å². The molecule has 0 saturated heterocycles. The summed E-state index contributed by atoms with van der Waals surface area (Å²) in [5, 5.41) is 3.39. The molecule has 0 atom stereocenters. The zero-order valence-electron chi connectivity index (χ0n) is 13.6. The Morgan fingerprint density at radius 2 is 1.76 bits per heavy atom. The second-order valence-corrected chi connectivity index (χ2v) is 6.28. The van der Waals surface area contributed by atoms with E-state index in [1.165, 1.54) is 19.2 Å². The molecular weight excluding hydrogens is 269 g/mol. The molecule has 0 aliphatic heterocycles. The summed E-state index contributed by atoms with van der Waals surface area (Å²) in [6.45, 7) is 8.67. The number of methoxy groups -OCH3 is 1. The summed E-state index contributed by atoms with van der Waals surface area (Å²) >= 11 is 0. The van der Waals surface area contributed by atoms with Crippen LogP contribution in [-0.2, 0) is 4.74 Å². The number of esters is 1. The van der Waals surface area contributed by atoms with E-state index < -0.39 is 11.8 Å². The predicted molar refractivity (Wildman–Crippen MR) is 84.1 cm³/mol. The number of halogens is 1. The highest BCUT2D eigenvalue weighted by atomic mass is 19.1. The molecule has 1 rings (SSSR count). The van der Waals surface area contributed by atoms with Gasteiger partial charge in [-0.15, -0.1) is 0 Å². The van der Waals surface area contributed by atoms with E-state index in [0.717, 1.165) is 12.8 Å². The van der Waals surface area contributed by atoms with Crippen molar-refractivity contribution in [1.82, 2.24) is 0 Å². The molecule has 0 aliphatic rings. The number of hydrogen-bond donors (Lipinski definition) is 1. The molecule has 3 nitrogen and oxygen atoms in total. The first-order valence-corrected chi connectivity index (χ1v) is 7.47. The predicted octanol–water partition coefficient (Wildman–Crippen LogP) is 4.49. The Hall–Kier alpha value is -1.58. The molecule has 0 unspecified atom stereocenters. The number of ether oxygens (including phenoxy) is 1. The van der Waals surface area contributed by atoms with Crippen LogP contribution >= 0.6 is 0 Å². The van der Waals surface area contributed by atoms with Gasteiger partial charge in [-0.05, 0) is 42.9 Å². The molecule has 0 saturated carbocycles. The van der Waals surface area contributed by atoms with Crippen LogP contribution in [0.5, 0.6) is 0 Å². The van der Waals surface area contributed by atoms with Gasteiger partial charge in [-0.2, -0.15) is 0 Å². The van der Waals surface area contributed by atoms with Crippen molar-refractivity contribution in [2.24, 2.45) is 11.8 Å². The molecule has 0 fully saturated rings. The molecule has 1 N–H and O–H groups in total. The van der Waals surface area contributed by atoms with Crippen LogP contribution in [0.15, 0.2) is 18.2 Å². The summed E-state index contributed by atoms with van der Waals surface area (Å²) in [6.07, 6.45) is 1.99. The van der Waals surface area contributed by atoms with Gasteiger partial charge >= 0.3 is 5.97 Å². The normalized spacial score (nSPS) is 11.3. The molecule has 0 aromatic heterocycles. The van der Waals surface area contributed by atoms with Crippen molar-refractivity contribution in [2.45, 2.75) is 46.6 Å². The van der Waals surface area contributed by atoms with Crippen LogP contribution in [0.3, 0.4) is 0 Å². The van der Waals surface area contributed by atoms with Crippen LogP contribution in [0, 0.1) is 17.7 Å². The van der Waals surface area contributed by atoms with Crippen molar-refractivity contribution in [3.05, 3.63) is 29.6 Å². The van der Waals surface area contributed by atoms with Crippen molar-refractivity contribution in [1.29, 1.82) is 0 Å². The third-order valence-electron chi connectivity index (χ3n) is 3.26. The number of rotatable bonds is 7. The van der Waals surface area contributed by atoms with Crippen LogP contribution in [0.4, 0.5) is 10.1 Å². The number of benzene rings is 1. The summed E-state index contributed by atoms with van der Waals surface area (Å²) in [4.78, 5) is 11.8. The van der Waals surface area contributed by atoms with Crippen LogP contribution in [0.1, 0.15) is 50.9 Å². The lowest BCUT2D eigenvalue weighted by Gasteiger charge is -2.24. The molecule has 0 radical (unpaired) electrons. The third-order valence-corrected chi connectivity index (χ3v) is 3.26. The molecule has 4 heteroatoms. The number of anilines is 1. The Kier molecular flexibility index (Phi) is 6.66. The Morgan fingerprint density at radius 3 is 2.24 bits per heavy atom. The minimum absolute atomic E-state index is 0.245. The smallest absolute Gasteiger partial charge is 0.340 e. The van der Waals surface area contributed by atoms with Crippen molar-refractivity contribution < 1.29 is 13.9 Å². The first-order valence-electron chi connectivity index (χ1n) is 7.47. The molecule has 0 heterocycles. The zero-order chi connectivity index (χ0) is 16.0. The van der Waals surface area contributed by atoms with Gasteiger partial charge in [-0.25, -0.2) is 9.18 Å². The van der Waals surface area contributed by atoms with Crippen molar-refractivity contribution in [2.75, 3.05) is 12.4 Å². The van der Waals surface area contributed by atoms with Crippen LogP contribution in [-0.4, -0.2) is 19.1 Å². The summed E-state index contributed by atoms with van der Waals surface area (Å²) in [6, 6.07) is 4.43. The maximum Gasteiger partial charge on any atom is 0.340 e. The lowest BCUT2D eigenvalue weighted by Crippen LogP contribution is -2.25. The lowest BCUT2D eigenvalue weighted by atomic mass is 9.95. The van der Waals surface area contributed by atoms with Crippen LogP contribution < -0.4 is 5.32 Å². The first-order chi connectivity index (χ1) is 9.83. The number of carbonyl (C=O) groups is 1. The Morgan fingerprint density at radius 1 is 1.19 bits per heavy atom. The second-order valence-electron chi connectivity index (χ2n) is 6.28. The Labute approximate surface area is 126 Å². The lowest BCUT2D eigenvalue weighted by molar-refractivity contribution is 0.0601. The second kappa shape index (κ2) is 8.01. The highest BCUT2D eigenvalue weighted by Gasteiger charge is 2.18. The fourth-order valence-electron chi connectivity index (χ4n) is 2.49. The molecule has 118 valence electrons. The standard InChI is InChI=1S/C17H26FNO2/c1-11(2)8-14(9-12(3)4)19-16-7-6-13(18)10-15(16)17(20)21-5/h6-7,10-12,14,19H,8-9H2,1-5H3. The van der Waals surface area contributed by atoms with E-state index in [-0.39, 0.29) is 11.6 Å². The average Bonchev–Trinajstić information content (AvgIpc) is 2.38. The van der Waals surface area contributed by atoms with E-state index in [9.17, 15) is 9.18 Å². The van der Waals surface area contributed by atoms with Gasteiger partial charge in [-0.3, -0.25) is 0 Å². The highest BCUT2D eigenvalue weighted by molar-refractivity contribution is 5.95. The summed E-state index contributed by atoms with van der Waals surface area (Å²) in [7, 11) is 1.30. The van der Waals surface area contributed by atoms with Crippen LogP contribution in [0.2, 0.25) is 0 Å². The van der Waals surface area contributed by atoms with E-state index >= 15 is 0 Å². The third kappa shape index (κ3) is 5.74.